The molecule has 4 heterocycles. The van der Waals surface area contributed by atoms with Crippen molar-refractivity contribution in [2.45, 2.75) is 80.6 Å². The number of aromatic amines is 1. The summed E-state index contributed by atoms with van der Waals surface area (Å²) in [5, 5.41) is 0. The number of hydrogen-bond acceptors (Lipinski definition) is 6. The van der Waals surface area contributed by atoms with Gasteiger partial charge >= 0.3 is 0 Å². The van der Waals surface area contributed by atoms with Gasteiger partial charge in [-0.2, -0.15) is 0 Å². The second-order valence-electron chi connectivity index (χ2n) is 12.2. The minimum atomic E-state index is -4.22. The molecule has 1 amide bonds. The third-order valence-electron chi connectivity index (χ3n) is 9.11. The molecule has 15 heteroatoms. The number of amides is 1. The van der Waals surface area contributed by atoms with E-state index >= 15 is 4.39 Å². The van der Waals surface area contributed by atoms with Gasteiger partial charge in [-0.3, -0.25) is 4.79 Å². The molecule has 0 bridgehead atoms. The summed E-state index contributed by atoms with van der Waals surface area (Å²) in [5.74, 6) is -7.37. The molecule has 2 saturated heterocycles. The number of imidazole rings is 1. The molecular weight excluding hydrogens is 611 g/mol. The van der Waals surface area contributed by atoms with Gasteiger partial charge < -0.3 is 19.0 Å². The van der Waals surface area contributed by atoms with E-state index in [2.05, 4.69) is 14.7 Å². The Morgan fingerprint density at radius 2 is 1.73 bits per heavy atom. The van der Waals surface area contributed by atoms with Crippen LogP contribution in [-0.2, 0) is 25.0 Å². The van der Waals surface area contributed by atoms with E-state index in [4.69, 9.17) is 9.15 Å². The maximum atomic E-state index is 16.4. The van der Waals surface area contributed by atoms with Gasteiger partial charge in [0.05, 0.1) is 30.1 Å². The smallest absolute Gasteiger partial charge is 0.282 e. The van der Waals surface area contributed by atoms with Crippen LogP contribution in [0.25, 0.3) is 11.0 Å². The summed E-state index contributed by atoms with van der Waals surface area (Å²) >= 11 is 0. The molecule has 0 spiro atoms. The van der Waals surface area contributed by atoms with Gasteiger partial charge in [-0.15, -0.1) is 0 Å². The maximum absolute atomic E-state index is 16.4. The highest BCUT2D eigenvalue weighted by atomic mass is 32.2. The first-order valence-corrected chi connectivity index (χ1v) is 16.0. The fourth-order valence-electron chi connectivity index (χ4n) is 6.73. The van der Waals surface area contributed by atoms with Gasteiger partial charge in [0, 0.05) is 31.6 Å². The molecule has 9 nitrogen and oxygen atoms in total. The van der Waals surface area contributed by atoms with E-state index in [0.29, 0.717) is 5.76 Å². The lowest BCUT2D eigenvalue weighted by molar-refractivity contribution is -0.174. The standard InChI is InChI=1S/C29H33F5N4O5S/c1-16-13-21(17(2)43-16)44(40,41)37-23(18-5-7-28(31,32)8-6-18)25-35-20-4-3-19(22(30)24(20)36-25)27(9-11-42-12-10-27)26(39)38-14-29(33,34)15-38/h3-4,13,18,23,37H,5-12,14-15H2,1-2H3,(H,35,36)/t23-/m0/s1. The lowest BCUT2D eigenvalue weighted by Gasteiger charge is -2.46. The van der Waals surface area contributed by atoms with Crippen molar-refractivity contribution in [1.82, 2.24) is 19.6 Å². The molecule has 0 unspecified atom stereocenters. The van der Waals surface area contributed by atoms with Crippen molar-refractivity contribution in [3.63, 3.8) is 0 Å². The molecule has 1 saturated carbocycles. The summed E-state index contributed by atoms with van der Waals surface area (Å²) < 4.78 is 112. The molecule has 1 aliphatic carbocycles. The molecule has 2 aromatic heterocycles. The number of hydrogen-bond donors (Lipinski definition) is 2. The highest BCUT2D eigenvalue weighted by Gasteiger charge is 2.54. The number of carbonyl (C=O) groups is 1. The van der Waals surface area contributed by atoms with Crippen LogP contribution in [-0.4, -0.2) is 67.3 Å². The first kappa shape index (κ1) is 31.0. The number of sulfonamides is 1. The summed E-state index contributed by atoms with van der Waals surface area (Å²) in [5.41, 5.74) is -1.43. The van der Waals surface area contributed by atoms with E-state index in [0.717, 1.165) is 4.90 Å². The van der Waals surface area contributed by atoms with E-state index < -0.39 is 76.9 Å². The number of aromatic nitrogens is 2. The molecule has 240 valence electrons. The molecule has 1 atom stereocenters. The Balaban J connectivity index is 1.39. The second-order valence-corrected chi connectivity index (χ2v) is 13.9. The number of fused-ring (bicyclic) bond motifs is 1. The van der Waals surface area contributed by atoms with Gasteiger partial charge in [0.25, 0.3) is 5.92 Å². The van der Waals surface area contributed by atoms with Crippen LogP contribution >= 0.6 is 0 Å². The van der Waals surface area contributed by atoms with Crippen molar-refractivity contribution >= 4 is 27.0 Å². The summed E-state index contributed by atoms with van der Waals surface area (Å²) in [6.07, 6.45) is -0.744. The quantitative estimate of drug-likeness (QED) is 0.338. The van der Waals surface area contributed by atoms with Crippen LogP contribution in [0.3, 0.4) is 0 Å². The number of benzene rings is 1. The van der Waals surface area contributed by atoms with Crippen molar-refractivity contribution in [3.8, 4) is 0 Å². The van der Waals surface area contributed by atoms with E-state index in [1.165, 1.54) is 25.1 Å². The van der Waals surface area contributed by atoms with Gasteiger partial charge in [-0.05, 0) is 57.6 Å². The molecule has 2 aliphatic heterocycles. The number of aryl methyl sites for hydroxylation is 2. The summed E-state index contributed by atoms with van der Waals surface area (Å²) in [7, 11) is -4.22. The molecular formula is C29H33F5N4O5S. The van der Waals surface area contributed by atoms with Crippen LogP contribution in [0.1, 0.15) is 67.5 Å². The number of nitrogens with zero attached hydrogens (tertiary/aromatic N) is 2. The molecule has 2 N–H and O–H groups in total. The Morgan fingerprint density at radius 3 is 2.32 bits per heavy atom. The SMILES string of the molecule is Cc1cc(S(=O)(=O)N[C@H](c2nc3c(F)c(C4(C(=O)N5CC(F)(F)C5)CCOCC4)ccc3[nH]2)C2CCC(F)(F)CC2)c(C)o1. The summed E-state index contributed by atoms with van der Waals surface area (Å²) in [6, 6.07) is 3.16. The Bertz CT molecular complexity index is 1680. The lowest BCUT2D eigenvalue weighted by atomic mass is 9.72. The highest BCUT2D eigenvalue weighted by Crippen LogP contribution is 2.44. The predicted molar refractivity (Wildman–Crippen MR) is 147 cm³/mol. The largest absolute Gasteiger partial charge is 0.465 e. The Morgan fingerprint density at radius 1 is 1.07 bits per heavy atom. The van der Waals surface area contributed by atoms with Crippen molar-refractivity contribution < 1.29 is 44.3 Å². The Labute approximate surface area is 250 Å². The number of carbonyl (C=O) groups excluding carboxylic acids is 1. The number of rotatable bonds is 7. The third kappa shape index (κ3) is 5.51. The van der Waals surface area contributed by atoms with Crippen molar-refractivity contribution in [3.05, 3.63) is 46.9 Å². The van der Waals surface area contributed by atoms with Crippen LogP contribution in [0.2, 0.25) is 0 Å². The van der Waals surface area contributed by atoms with Gasteiger partial charge in [0.2, 0.25) is 21.9 Å². The van der Waals surface area contributed by atoms with Crippen molar-refractivity contribution in [2.24, 2.45) is 5.92 Å². The Hall–Kier alpha value is -3.04. The van der Waals surface area contributed by atoms with E-state index in [1.54, 1.807) is 6.92 Å². The number of H-pyrrole nitrogens is 1. The zero-order valence-corrected chi connectivity index (χ0v) is 25.0. The lowest BCUT2D eigenvalue weighted by Crippen LogP contribution is -2.63. The zero-order chi connectivity index (χ0) is 31.7. The molecule has 3 fully saturated rings. The molecule has 6 rings (SSSR count). The molecule has 1 aromatic carbocycles. The number of ether oxygens (including phenoxy) is 1. The second kappa shape index (κ2) is 10.8. The first-order chi connectivity index (χ1) is 20.6. The topological polar surface area (TPSA) is 118 Å². The van der Waals surface area contributed by atoms with E-state index in [1.807, 2.05) is 0 Å². The van der Waals surface area contributed by atoms with Gasteiger partial charge in [0.15, 0.2) is 5.82 Å². The normalized spacial score (nSPS) is 22.6. The van der Waals surface area contributed by atoms with Crippen LogP contribution in [0.5, 0.6) is 0 Å². The van der Waals surface area contributed by atoms with E-state index in [-0.39, 0.29) is 72.0 Å². The summed E-state index contributed by atoms with van der Waals surface area (Å²) in [6.45, 7) is 1.84. The zero-order valence-electron chi connectivity index (χ0n) is 24.2. The van der Waals surface area contributed by atoms with Crippen LogP contribution in [0.4, 0.5) is 22.0 Å². The highest BCUT2D eigenvalue weighted by molar-refractivity contribution is 7.89. The maximum Gasteiger partial charge on any atom is 0.282 e. The number of nitrogens with one attached hydrogen (secondary N) is 2. The molecule has 0 radical (unpaired) electrons. The predicted octanol–water partition coefficient (Wildman–Crippen LogP) is 5.28. The number of furan rings is 1. The van der Waals surface area contributed by atoms with Gasteiger partial charge in [0.1, 0.15) is 27.8 Å². The fraction of sp³-hybridized carbons (Fsp3) is 0.586. The first-order valence-electron chi connectivity index (χ1n) is 14.5. The number of alkyl halides is 4. The monoisotopic (exact) mass is 644 g/mol. The van der Waals surface area contributed by atoms with Crippen LogP contribution in [0, 0.1) is 25.6 Å². The van der Waals surface area contributed by atoms with Gasteiger partial charge in [-0.25, -0.2) is 40.1 Å². The molecule has 3 aliphatic rings. The summed E-state index contributed by atoms with van der Waals surface area (Å²) in [4.78, 5) is 21.9. The van der Waals surface area contributed by atoms with Crippen LogP contribution in [0.15, 0.2) is 27.5 Å². The van der Waals surface area contributed by atoms with E-state index in [9.17, 15) is 30.8 Å². The van der Waals surface area contributed by atoms with Crippen molar-refractivity contribution in [2.75, 3.05) is 26.3 Å². The molecule has 44 heavy (non-hydrogen) atoms. The average Bonchev–Trinajstić information content (AvgIpc) is 3.54. The Kier molecular flexibility index (Phi) is 7.60. The minimum absolute atomic E-state index is 0.00750. The number of likely N-dealkylation sites (tertiary alicyclic amines) is 1. The minimum Gasteiger partial charge on any atom is -0.465 e. The third-order valence-corrected chi connectivity index (χ3v) is 10.7. The number of halogens is 5. The van der Waals surface area contributed by atoms with Gasteiger partial charge in [-0.1, -0.05) is 6.07 Å². The van der Waals surface area contributed by atoms with Crippen LogP contribution < -0.4 is 4.72 Å². The molecule has 3 aromatic rings. The average molecular weight is 645 g/mol. The fourth-order valence-corrected chi connectivity index (χ4v) is 8.24. The van der Waals surface area contributed by atoms with Crippen molar-refractivity contribution in [1.29, 1.82) is 0 Å².